The number of hydrogen-bond acceptors (Lipinski definition) is 3. The number of aliphatic hydroxyl groups excluding tert-OH is 1. The summed E-state index contributed by atoms with van der Waals surface area (Å²) in [5.41, 5.74) is 0.970. The third-order valence-electron chi connectivity index (χ3n) is 4.90. The molecule has 0 aliphatic carbocycles. The van der Waals surface area contributed by atoms with E-state index in [0.717, 1.165) is 37.1 Å². The highest BCUT2D eigenvalue weighted by atomic mass is 16.5. The molecule has 0 spiro atoms. The van der Waals surface area contributed by atoms with Gasteiger partial charge in [-0.3, -0.25) is 4.79 Å². The molecule has 0 saturated carbocycles. The first-order valence-corrected chi connectivity index (χ1v) is 8.14. The maximum absolute atomic E-state index is 12.5. The molecule has 0 bridgehead atoms. The number of piperidine rings is 1. The number of para-hydroxylation sites is 1. The van der Waals surface area contributed by atoms with E-state index >= 15 is 0 Å². The van der Waals surface area contributed by atoms with Crippen molar-refractivity contribution < 1.29 is 14.6 Å². The van der Waals surface area contributed by atoms with Crippen LogP contribution >= 0.6 is 0 Å². The number of carbonyl (C=O) groups is 1. The largest absolute Gasteiger partial charge is 0.496 e. The van der Waals surface area contributed by atoms with Gasteiger partial charge in [0, 0.05) is 24.9 Å². The van der Waals surface area contributed by atoms with Gasteiger partial charge >= 0.3 is 0 Å². The second kappa shape index (κ2) is 7.63. The van der Waals surface area contributed by atoms with E-state index in [-0.39, 0.29) is 17.9 Å². The standard InChI is InChI=1S/C18H27NO3/c1-3-18(14-20)11-6-12-19(13-18)17(21)10-9-15-7-4-5-8-16(15)22-2/h4-5,7-8,20H,3,6,9-14H2,1-2H3. The summed E-state index contributed by atoms with van der Waals surface area (Å²) < 4.78 is 5.33. The molecule has 1 atom stereocenters. The average Bonchev–Trinajstić information content (AvgIpc) is 2.59. The number of amides is 1. The van der Waals surface area contributed by atoms with Gasteiger partial charge in [-0.15, -0.1) is 0 Å². The Bertz CT molecular complexity index is 497. The minimum absolute atomic E-state index is 0.0989. The predicted octanol–water partition coefficient (Wildman–Crippen LogP) is 2.64. The number of ether oxygens (including phenoxy) is 1. The molecule has 1 aromatic carbocycles. The van der Waals surface area contributed by atoms with Crippen LogP contribution < -0.4 is 4.74 Å². The first-order chi connectivity index (χ1) is 10.6. The van der Waals surface area contributed by atoms with Crippen molar-refractivity contribution in [2.75, 3.05) is 26.8 Å². The third kappa shape index (κ3) is 3.80. The zero-order chi connectivity index (χ0) is 16.0. The number of carbonyl (C=O) groups excluding carboxylic acids is 1. The van der Waals surface area contributed by atoms with Gasteiger partial charge in [-0.2, -0.15) is 0 Å². The molecule has 1 aliphatic rings. The maximum atomic E-state index is 12.5. The molecule has 0 radical (unpaired) electrons. The van der Waals surface area contributed by atoms with Crippen LogP contribution in [0.15, 0.2) is 24.3 Å². The molecule has 1 saturated heterocycles. The normalized spacial score (nSPS) is 21.7. The Kier molecular flexibility index (Phi) is 5.83. The highest BCUT2D eigenvalue weighted by molar-refractivity contribution is 5.76. The van der Waals surface area contributed by atoms with Gasteiger partial charge in [0.2, 0.25) is 5.91 Å². The van der Waals surface area contributed by atoms with E-state index in [9.17, 15) is 9.90 Å². The summed E-state index contributed by atoms with van der Waals surface area (Å²) in [6.07, 6.45) is 4.09. The summed E-state index contributed by atoms with van der Waals surface area (Å²) in [6, 6.07) is 7.84. The maximum Gasteiger partial charge on any atom is 0.222 e. The zero-order valence-electron chi connectivity index (χ0n) is 13.7. The summed E-state index contributed by atoms with van der Waals surface area (Å²) in [7, 11) is 1.65. The molecule has 1 amide bonds. The molecule has 122 valence electrons. The lowest BCUT2D eigenvalue weighted by atomic mass is 9.78. The second-order valence-electron chi connectivity index (χ2n) is 6.24. The average molecular weight is 305 g/mol. The van der Waals surface area contributed by atoms with Gasteiger partial charge in [-0.25, -0.2) is 0 Å². The van der Waals surface area contributed by atoms with Gasteiger partial charge in [0.15, 0.2) is 0 Å². The number of methoxy groups -OCH3 is 1. The Balaban J connectivity index is 1.94. The van der Waals surface area contributed by atoms with E-state index in [4.69, 9.17) is 4.74 Å². The topological polar surface area (TPSA) is 49.8 Å². The fourth-order valence-electron chi connectivity index (χ4n) is 3.26. The van der Waals surface area contributed by atoms with Crippen LogP contribution in [0.25, 0.3) is 0 Å². The molecule has 0 aromatic heterocycles. The Morgan fingerprint density at radius 1 is 1.41 bits per heavy atom. The van der Waals surface area contributed by atoms with E-state index in [1.54, 1.807) is 7.11 Å². The second-order valence-corrected chi connectivity index (χ2v) is 6.24. The zero-order valence-corrected chi connectivity index (χ0v) is 13.7. The van der Waals surface area contributed by atoms with Gasteiger partial charge in [-0.05, 0) is 37.3 Å². The van der Waals surface area contributed by atoms with Gasteiger partial charge < -0.3 is 14.7 Å². The molecule has 1 unspecified atom stereocenters. The van der Waals surface area contributed by atoms with Crippen LogP contribution in [0.1, 0.15) is 38.2 Å². The number of aliphatic hydroxyl groups is 1. The number of rotatable bonds is 6. The molecule has 1 aliphatic heterocycles. The van der Waals surface area contributed by atoms with Gasteiger partial charge in [0.1, 0.15) is 5.75 Å². The summed E-state index contributed by atoms with van der Waals surface area (Å²) in [5.74, 6) is 1.02. The van der Waals surface area contributed by atoms with Crippen molar-refractivity contribution in [2.45, 2.75) is 39.0 Å². The number of nitrogens with zero attached hydrogens (tertiary/aromatic N) is 1. The molecular weight excluding hydrogens is 278 g/mol. The van der Waals surface area contributed by atoms with Crippen molar-refractivity contribution in [3.8, 4) is 5.75 Å². The van der Waals surface area contributed by atoms with Crippen LogP contribution in [-0.2, 0) is 11.2 Å². The lowest BCUT2D eigenvalue weighted by molar-refractivity contribution is -0.135. The molecule has 2 rings (SSSR count). The molecule has 4 nitrogen and oxygen atoms in total. The van der Waals surface area contributed by atoms with E-state index in [1.165, 1.54) is 0 Å². The van der Waals surface area contributed by atoms with Crippen molar-refractivity contribution in [3.63, 3.8) is 0 Å². The number of aryl methyl sites for hydroxylation is 1. The number of hydrogen-bond donors (Lipinski definition) is 1. The molecule has 4 heteroatoms. The van der Waals surface area contributed by atoms with Crippen LogP contribution in [0.4, 0.5) is 0 Å². The van der Waals surface area contributed by atoms with Crippen molar-refractivity contribution in [3.05, 3.63) is 29.8 Å². The first kappa shape index (κ1) is 16.8. The molecule has 1 heterocycles. The van der Waals surface area contributed by atoms with E-state index in [2.05, 4.69) is 6.92 Å². The SMILES string of the molecule is CCC1(CO)CCCN(C(=O)CCc2ccccc2OC)C1. The third-order valence-corrected chi connectivity index (χ3v) is 4.90. The van der Waals surface area contributed by atoms with Crippen LogP contribution in [0.5, 0.6) is 5.75 Å². The van der Waals surface area contributed by atoms with Crippen molar-refractivity contribution in [1.29, 1.82) is 0 Å². The van der Waals surface area contributed by atoms with Crippen LogP contribution in [0.2, 0.25) is 0 Å². The van der Waals surface area contributed by atoms with E-state index < -0.39 is 0 Å². The van der Waals surface area contributed by atoms with Crippen molar-refractivity contribution in [2.24, 2.45) is 5.41 Å². The Hall–Kier alpha value is -1.55. The highest BCUT2D eigenvalue weighted by Crippen LogP contribution is 2.33. The van der Waals surface area contributed by atoms with Gasteiger partial charge in [-0.1, -0.05) is 25.1 Å². The van der Waals surface area contributed by atoms with Crippen molar-refractivity contribution >= 4 is 5.91 Å². The Morgan fingerprint density at radius 3 is 2.86 bits per heavy atom. The summed E-state index contributed by atoms with van der Waals surface area (Å²) in [6.45, 7) is 3.76. The predicted molar refractivity (Wildman–Crippen MR) is 86.9 cm³/mol. The molecule has 1 N–H and O–H groups in total. The monoisotopic (exact) mass is 305 g/mol. The molecule has 1 fully saturated rings. The Labute approximate surface area is 133 Å². The lowest BCUT2D eigenvalue weighted by Gasteiger charge is -2.41. The molecule has 1 aromatic rings. The first-order valence-electron chi connectivity index (χ1n) is 8.14. The number of likely N-dealkylation sites (tertiary alicyclic amines) is 1. The molecule has 22 heavy (non-hydrogen) atoms. The minimum Gasteiger partial charge on any atom is -0.496 e. The van der Waals surface area contributed by atoms with Crippen LogP contribution in [0.3, 0.4) is 0 Å². The fourth-order valence-corrected chi connectivity index (χ4v) is 3.26. The van der Waals surface area contributed by atoms with E-state index in [0.29, 0.717) is 19.4 Å². The van der Waals surface area contributed by atoms with E-state index in [1.807, 2.05) is 29.2 Å². The Morgan fingerprint density at radius 2 is 2.18 bits per heavy atom. The molecular formula is C18H27NO3. The number of benzene rings is 1. The quantitative estimate of drug-likeness (QED) is 0.879. The summed E-state index contributed by atoms with van der Waals surface area (Å²) in [5, 5.41) is 9.66. The fraction of sp³-hybridized carbons (Fsp3) is 0.611. The highest BCUT2D eigenvalue weighted by Gasteiger charge is 2.34. The smallest absolute Gasteiger partial charge is 0.222 e. The van der Waals surface area contributed by atoms with Crippen LogP contribution in [-0.4, -0.2) is 42.7 Å². The van der Waals surface area contributed by atoms with Crippen LogP contribution in [0, 0.1) is 5.41 Å². The van der Waals surface area contributed by atoms with Gasteiger partial charge in [0.05, 0.1) is 13.7 Å². The van der Waals surface area contributed by atoms with Crippen molar-refractivity contribution in [1.82, 2.24) is 4.90 Å². The lowest BCUT2D eigenvalue weighted by Crippen LogP contribution is -2.47. The summed E-state index contributed by atoms with van der Waals surface area (Å²) >= 11 is 0. The summed E-state index contributed by atoms with van der Waals surface area (Å²) in [4.78, 5) is 14.4. The minimum atomic E-state index is -0.0989. The van der Waals surface area contributed by atoms with Gasteiger partial charge in [0.25, 0.3) is 0 Å².